The first-order valence-electron chi connectivity index (χ1n) is 13.6. The number of hydrogen-bond donors (Lipinski definition) is 2. The Hall–Kier alpha value is -3.92. The van der Waals surface area contributed by atoms with Crippen molar-refractivity contribution in [1.29, 1.82) is 0 Å². The van der Waals surface area contributed by atoms with Crippen LogP contribution in [-0.2, 0) is 32.1 Å². The fourth-order valence-corrected chi connectivity index (χ4v) is 6.06. The maximum atomic E-state index is 5.05. The third kappa shape index (κ3) is 4.01. The van der Waals surface area contributed by atoms with Crippen LogP contribution in [0.4, 0.5) is 0 Å². The van der Waals surface area contributed by atoms with Gasteiger partial charge in [0.15, 0.2) is 0 Å². The second kappa shape index (κ2) is 9.51. The van der Waals surface area contributed by atoms with E-state index in [9.17, 15) is 0 Å². The number of fused-ring (bicyclic) bond motifs is 6. The average molecular weight is 487 g/mol. The van der Waals surface area contributed by atoms with Gasteiger partial charge >= 0.3 is 0 Å². The van der Waals surface area contributed by atoms with E-state index in [-0.39, 0.29) is 0 Å². The van der Waals surface area contributed by atoms with Gasteiger partial charge in [-0.2, -0.15) is 0 Å². The van der Waals surface area contributed by atoms with Gasteiger partial charge in [-0.25, -0.2) is 9.97 Å². The maximum absolute atomic E-state index is 5.05. The summed E-state index contributed by atoms with van der Waals surface area (Å²) in [4.78, 5) is 17.7. The van der Waals surface area contributed by atoms with Crippen LogP contribution in [0.25, 0.3) is 46.1 Å². The number of H-pyrrole nitrogens is 2. The summed E-state index contributed by atoms with van der Waals surface area (Å²) in [6.45, 7) is 9.04. The molecule has 37 heavy (non-hydrogen) atoms. The first-order chi connectivity index (χ1) is 18.1. The number of nitrogens with zero attached hydrogens (tertiary/aromatic N) is 2. The van der Waals surface area contributed by atoms with Crippen molar-refractivity contribution in [3.8, 4) is 0 Å². The van der Waals surface area contributed by atoms with Gasteiger partial charge in [0.05, 0.1) is 22.4 Å². The number of aromatic amines is 2. The molecule has 0 spiro atoms. The molecule has 1 aromatic carbocycles. The highest BCUT2D eigenvalue weighted by Crippen LogP contribution is 2.30. The van der Waals surface area contributed by atoms with Crippen molar-refractivity contribution in [2.24, 2.45) is 0 Å². The zero-order valence-electron chi connectivity index (χ0n) is 22.2. The van der Waals surface area contributed by atoms with E-state index in [2.05, 4.69) is 98.4 Å². The van der Waals surface area contributed by atoms with E-state index in [1.807, 2.05) is 0 Å². The molecule has 0 radical (unpaired) electrons. The van der Waals surface area contributed by atoms with E-state index in [0.29, 0.717) is 0 Å². The van der Waals surface area contributed by atoms with Gasteiger partial charge in [0.25, 0.3) is 0 Å². The first kappa shape index (κ1) is 23.5. The van der Waals surface area contributed by atoms with Gasteiger partial charge in [-0.15, -0.1) is 0 Å². The Bertz CT molecular complexity index is 1570. The van der Waals surface area contributed by atoms with E-state index < -0.39 is 0 Å². The van der Waals surface area contributed by atoms with Gasteiger partial charge in [-0.3, -0.25) is 0 Å². The van der Waals surface area contributed by atoms with Gasteiger partial charge in [0.1, 0.15) is 0 Å². The normalized spacial score (nSPS) is 14.7. The lowest BCUT2D eigenvalue weighted by Crippen LogP contribution is -1.98. The summed E-state index contributed by atoms with van der Waals surface area (Å²) >= 11 is 0. The summed E-state index contributed by atoms with van der Waals surface area (Å²) in [5.41, 5.74) is 14.5. The molecular weight excluding hydrogens is 452 g/mol. The Labute approximate surface area is 218 Å². The standard InChI is InChI=1S/C33H34N4/c1-5-24-26(7-3)30-19-31-27(8-4)25(6-2)29(37-31)18-16-23-14-12-21-10-9-20-11-13-22(15-17-28(24)36-30)34-32(20)33(21)35-23/h9-18,36-37H,5-8,19H2,1-4H3/b17-15-,18-16-. The van der Waals surface area contributed by atoms with Crippen LogP contribution in [0.2, 0.25) is 0 Å². The smallest absolute Gasteiger partial charge is 0.0972 e. The molecule has 0 saturated heterocycles. The van der Waals surface area contributed by atoms with Crippen LogP contribution in [0, 0.1) is 0 Å². The van der Waals surface area contributed by atoms with Crippen LogP contribution in [-0.4, -0.2) is 19.9 Å². The molecule has 4 nitrogen and oxygen atoms in total. The molecule has 0 amide bonds. The largest absolute Gasteiger partial charge is 0.358 e. The van der Waals surface area contributed by atoms with Crippen LogP contribution in [0.5, 0.6) is 0 Å². The predicted octanol–water partition coefficient (Wildman–Crippen LogP) is 7.93. The van der Waals surface area contributed by atoms with Crippen LogP contribution >= 0.6 is 0 Å². The minimum absolute atomic E-state index is 0.883. The third-order valence-corrected chi connectivity index (χ3v) is 7.85. The summed E-state index contributed by atoms with van der Waals surface area (Å²) in [7, 11) is 0. The summed E-state index contributed by atoms with van der Waals surface area (Å²) in [6, 6.07) is 12.8. The van der Waals surface area contributed by atoms with E-state index in [1.165, 1.54) is 45.0 Å². The van der Waals surface area contributed by atoms with Crippen molar-refractivity contribution in [1.82, 2.24) is 19.9 Å². The van der Waals surface area contributed by atoms with Gasteiger partial charge < -0.3 is 9.97 Å². The number of pyridine rings is 2. The molecule has 5 heterocycles. The summed E-state index contributed by atoms with van der Waals surface area (Å²) in [5, 5.41) is 2.21. The molecule has 186 valence electrons. The van der Waals surface area contributed by atoms with Crippen LogP contribution < -0.4 is 0 Å². The monoisotopic (exact) mass is 486 g/mol. The lowest BCUT2D eigenvalue weighted by molar-refractivity contribution is 0.956. The minimum atomic E-state index is 0.883. The summed E-state index contributed by atoms with van der Waals surface area (Å²) in [5.74, 6) is 0. The van der Waals surface area contributed by atoms with Crippen molar-refractivity contribution in [2.45, 2.75) is 59.8 Å². The van der Waals surface area contributed by atoms with E-state index in [4.69, 9.17) is 9.97 Å². The molecular formula is C33H34N4. The third-order valence-electron chi connectivity index (χ3n) is 7.85. The molecule has 0 saturated carbocycles. The van der Waals surface area contributed by atoms with Crippen LogP contribution in [0.15, 0.2) is 36.4 Å². The highest BCUT2D eigenvalue weighted by Gasteiger charge is 2.19. The number of benzene rings is 1. The van der Waals surface area contributed by atoms with Gasteiger partial charge in [0, 0.05) is 40.0 Å². The van der Waals surface area contributed by atoms with Crippen molar-refractivity contribution in [3.05, 3.63) is 92.8 Å². The molecule has 5 aromatic rings. The zero-order chi connectivity index (χ0) is 25.5. The van der Waals surface area contributed by atoms with Crippen molar-refractivity contribution >= 4 is 46.1 Å². The van der Waals surface area contributed by atoms with Gasteiger partial charge in [0.2, 0.25) is 0 Å². The molecule has 4 heteroatoms. The molecule has 0 unspecified atom stereocenters. The molecule has 1 aliphatic rings. The Kier molecular flexibility index (Phi) is 6.03. The van der Waals surface area contributed by atoms with Crippen LogP contribution in [0.3, 0.4) is 0 Å². The molecule has 0 atom stereocenters. The highest BCUT2D eigenvalue weighted by molar-refractivity contribution is 6.03. The fraction of sp³-hybridized carbons (Fsp3) is 0.273. The SMILES string of the molecule is CCc1c2[nH]c(c1CC)Cc1[nH]c(c(CC)c1CC)/C=C\c1ccc3ccc4ccc(nc4c3n1)/C=C\2. The Balaban J connectivity index is 1.64. The molecule has 0 fully saturated rings. The molecule has 4 aromatic heterocycles. The lowest BCUT2D eigenvalue weighted by Gasteiger charge is -2.06. The highest BCUT2D eigenvalue weighted by atomic mass is 14.8. The van der Waals surface area contributed by atoms with E-state index in [0.717, 1.165) is 65.3 Å². The second-order valence-corrected chi connectivity index (χ2v) is 9.89. The molecule has 1 aliphatic heterocycles. The minimum Gasteiger partial charge on any atom is -0.358 e. The zero-order valence-corrected chi connectivity index (χ0v) is 22.2. The average Bonchev–Trinajstić information content (AvgIpc) is 3.45. The Morgan fingerprint density at radius 3 is 1.35 bits per heavy atom. The Morgan fingerprint density at radius 2 is 0.946 bits per heavy atom. The lowest BCUT2D eigenvalue weighted by atomic mass is 9.98. The van der Waals surface area contributed by atoms with E-state index >= 15 is 0 Å². The maximum Gasteiger partial charge on any atom is 0.0972 e. The first-order valence-corrected chi connectivity index (χ1v) is 13.6. The Morgan fingerprint density at radius 1 is 0.541 bits per heavy atom. The quantitative estimate of drug-likeness (QED) is 0.249. The predicted molar refractivity (Wildman–Crippen MR) is 157 cm³/mol. The van der Waals surface area contributed by atoms with Crippen molar-refractivity contribution < 1.29 is 0 Å². The molecule has 0 aliphatic carbocycles. The number of aromatic nitrogens is 4. The number of rotatable bonds is 4. The summed E-state index contributed by atoms with van der Waals surface area (Å²) < 4.78 is 0. The van der Waals surface area contributed by atoms with Crippen LogP contribution in [0.1, 0.15) is 84.1 Å². The second-order valence-electron chi connectivity index (χ2n) is 9.89. The fourth-order valence-electron chi connectivity index (χ4n) is 6.06. The van der Waals surface area contributed by atoms with Gasteiger partial charge in [-0.1, -0.05) is 52.0 Å². The topological polar surface area (TPSA) is 57.4 Å². The molecule has 2 N–H and O–H groups in total. The van der Waals surface area contributed by atoms with Gasteiger partial charge in [-0.05, 0) is 84.4 Å². The summed E-state index contributed by atoms with van der Waals surface area (Å²) in [6.07, 6.45) is 13.6. The molecule has 8 bridgehead atoms. The van der Waals surface area contributed by atoms with E-state index in [1.54, 1.807) is 0 Å². The molecule has 6 rings (SSSR count). The van der Waals surface area contributed by atoms with Crippen molar-refractivity contribution in [3.63, 3.8) is 0 Å². The number of nitrogens with one attached hydrogen (secondary N) is 2. The number of hydrogen-bond acceptors (Lipinski definition) is 2. The van der Waals surface area contributed by atoms with Crippen molar-refractivity contribution in [2.75, 3.05) is 0 Å².